The first-order chi connectivity index (χ1) is 21.7. The second-order valence-electron chi connectivity index (χ2n) is 9.61. The van der Waals surface area contributed by atoms with E-state index >= 15 is 0 Å². The SMILES string of the molecule is O=C(NN=Cc1ccc(C=NNC(=O)c2ccccc2OCc2ccccc2)cc1)c1ccccc1OCc1ccccc1. The van der Waals surface area contributed by atoms with Gasteiger partial charge in [0, 0.05) is 0 Å². The molecule has 0 atom stereocenters. The summed E-state index contributed by atoms with van der Waals surface area (Å²) in [7, 11) is 0. The standard InChI is InChI=1S/C36H30N4O4/c41-35(31-15-7-9-17-33(31)43-25-29-11-3-1-4-12-29)39-37-23-27-19-21-28(22-20-27)24-38-40-36(42)32-16-8-10-18-34(32)44-26-30-13-5-2-6-14-30/h1-24H,25-26H2,(H,39,41)(H,40,42). The molecule has 44 heavy (non-hydrogen) atoms. The summed E-state index contributed by atoms with van der Waals surface area (Å²) in [6.07, 6.45) is 3.08. The molecule has 0 radical (unpaired) electrons. The van der Waals surface area contributed by atoms with Gasteiger partial charge in [0.1, 0.15) is 24.7 Å². The van der Waals surface area contributed by atoms with Gasteiger partial charge in [0.25, 0.3) is 11.8 Å². The molecule has 0 fully saturated rings. The molecule has 2 amide bonds. The van der Waals surface area contributed by atoms with E-state index in [0.29, 0.717) is 35.8 Å². The molecule has 0 unspecified atom stereocenters. The first-order valence-electron chi connectivity index (χ1n) is 13.9. The number of hydrogen-bond donors (Lipinski definition) is 2. The van der Waals surface area contributed by atoms with Crippen LogP contribution in [0, 0.1) is 0 Å². The Bertz CT molecular complexity index is 1610. The fourth-order valence-electron chi connectivity index (χ4n) is 4.15. The maximum absolute atomic E-state index is 12.8. The van der Waals surface area contributed by atoms with E-state index in [1.54, 1.807) is 48.8 Å². The van der Waals surface area contributed by atoms with Gasteiger partial charge in [-0.05, 0) is 46.5 Å². The smallest absolute Gasteiger partial charge is 0.275 e. The van der Waals surface area contributed by atoms with Crippen LogP contribution in [-0.4, -0.2) is 24.2 Å². The van der Waals surface area contributed by atoms with E-state index in [1.165, 1.54) is 0 Å². The number of hydrazone groups is 2. The quantitative estimate of drug-likeness (QED) is 0.132. The zero-order chi connectivity index (χ0) is 30.4. The summed E-state index contributed by atoms with van der Waals surface area (Å²) >= 11 is 0. The van der Waals surface area contributed by atoms with Crippen molar-refractivity contribution in [3.63, 3.8) is 0 Å². The number of rotatable bonds is 12. The number of nitrogens with zero attached hydrogens (tertiary/aromatic N) is 2. The number of ether oxygens (including phenoxy) is 2. The van der Waals surface area contributed by atoms with Gasteiger partial charge < -0.3 is 9.47 Å². The molecular weight excluding hydrogens is 552 g/mol. The lowest BCUT2D eigenvalue weighted by Gasteiger charge is -2.10. The van der Waals surface area contributed by atoms with Crippen molar-refractivity contribution in [3.05, 3.63) is 167 Å². The molecule has 8 nitrogen and oxygen atoms in total. The molecule has 0 saturated heterocycles. The van der Waals surface area contributed by atoms with Crippen molar-refractivity contribution in [2.24, 2.45) is 10.2 Å². The summed E-state index contributed by atoms with van der Waals surface area (Å²) in [5, 5.41) is 8.17. The van der Waals surface area contributed by atoms with Gasteiger partial charge in [-0.25, -0.2) is 10.9 Å². The van der Waals surface area contributed by atoms with Crippen LogP contribution in [0.1, 0.15) is 43.0 Å². The fraction of sp³-hybridized carbons (Fsp3) is 0.0556. The third-order valence-electron chi connectivity index (χ3n) is 6.43. The number of para-hydroxylation sites is 2. The Balaban J connectivity index is 1.11. The van der Waals surface area contributed by atoms with E-state index in [1.807, 2.05) is 97.1 Å². The van der Waals surface area contributed by atoms with Gasteiger partial charge in [0.15, 0.2) is 0 Å². The largest absolute Gasteiger partial charge is 0.488 e. The number of carbonyl (C=O) groups is 2. The second-order valence-corrected chi connectivity index (χ2v) is 9.61. The molecule has 0 saturated carbocycles. The van der Waals surface area contributed by atoms with Crippen LogP contribution in [0.4, 0.5) is 0 Å². The predicted molar refractivity (Wildman–Crippen MR) is 171 cm³/mol. The molecule has 0 aromatic heterocycles. The molecule has 218 valence electrons. The van der Waals surface area contributed by atoms with Gasteiger partial charge in [-0.15, -0.1) is 0 Å². The van der Waals surface area contributed by atoms with E-state index in [-0.39, 0.29) is 11.8 Å². The minimum absolute atomic E-state index is 0.351. The Labute approximate surface area is 255 Å². The van der Waals surface area contributed by atoms with Crippen molar-refractivity contribution >= 4 is 24.2 Å². The first-order valence-corrected chi connectivity index (χ1v) is 13.9. The maximum atomic E-state index is 12.8. The average Bonchev–Trinajstić information content (AvgIpc) is 3.08. The van der Waals surface area contributed by atoms with Crippen LogP contribution in [0.15, 0.2) is 144 Å². The van der Waals surface area contributed by atoms with Gasteiger partial charge in [-0.1, -0.05) is 109 Å². The summed E-state index contributed by atoms with van der Waals surface area (Å²) in [5.74, 6) is 0.193. The zero-order valence-electron chi connectivity index (χ0n) is 23.8. The highest BCUT2D eigenvalue weighted by Crippen LogP contribution is 2.20. The topological polar surface area (TPSA) is 101 Å². The third-order valence-corrected chi connectivity index (χ3v) is 6.43. The maximum Gasteiger partial charge on any atom is 0.275 e. The summed E-state index contributed by atoms with van der Waals surface area (Å²) in [6, 6.07) is 40.8. The van der Waals surface area contributed by atoms with Crippen molar-refractivity contribution in [2.75, 3.05) is 0 Å². The fourth-order valence-corrected chi connectivity index (χ4v) is 4.15. The van der Waals surface area contributed by atoms with E-state index < -0.39 is 0 Å². The normalized spacial score (nSPS) is 10.9. The van der Waals surface area contributed by atoms with E-state index in [0.717, 1.165) is 22.3 Å². The number of nitrogens with one attached hydrogen (secondary N) is 2. The molecule has 0 heterocycles. The van der Waals surface area contributed by atoms with Crippen molar-refractivity contribution in [1.82, 2.24) is 10.9 Å². The van der Waals surface area contributed by atoms with Crippen LogP contribution in [0.5, 0.6) is 11.5 Å². The molecule has 5 aromatic rings. The Morgan fingerprint density at radius 3 is 1.27 bits per heavy atom. The summed E-state index contributed by atoms with van der Waals surface area (Å²) in [4.78, 5) is 25.5. The van der Waals surface area contributed by atoms with Crippen LogP contribution in [0.25, 0.3) is 0 Å². The molecule has 0 bridgehead atoms. The Kier molecular flexibility index (Phi) is 10.2. The van der Waals surface area contributed by atoms with Crippen molar-refractivity contribution in [2.45, 2.75) is 13.2 Å². The van der Waals surface area contributed by atoms with E-state index in [4.69, 9.17) is 9.47 Å². The zero-order valence-corrected chi connectivity index (χ0v) is 23.8. The highest BCUT2D eigenvalue weighted by molar-refractivity contribution is 5.98. The highest BCUT2D eigenvalue weighted by atomic mass is 16.5. The molecule has 0 aliphatic heterocycles. The van der Waals surface area contributed by atoms with E-state index in [2.05, 4.69) is 21.1 Å². The van der Waals surface area contributed by atoms with Crippen LogP contribution < -0.4 is 20.3 Å². The van der Waals surface area contributed by atoms with Gasteiger partial charge in [0.2, 0.25) is 0 Å². The number of carbonyl (C=O) groups excluding carboxylic acids is 2. The van der Waals surface area contributed by atoms with Crippen molar-refractivity contribution < 1.29 is 19.1 Å². The predicted octanol–water partition coefficient (Wildman–Crippen LogP) is 6.37. The lowest BCUT2D eigenvalue weighted by atomic mass is 10.1. The average molecular weight is 583 g/mol. The number of benzene rings is 5. The molecular formula is C36H30N4O4. The Morgan fingerprint density at radius 2 is 0.864 bits per heavy atom. The molecule has 5 aromatic carbocycles. The minimum atomic E-state index is -0.378. The summed E-state index contributed by atoms with van der Waals surface area (Å²) in [5.41, 5.74) is 9.43. The summed E-state index contributed by atoms with van der Waals surface area (Å²) in [6.45, 7) is 0.703. The Morgan fingerprint density at radius 1 is 0.500 bits per heavy atom. The van der Waals surface area contributed by atoms with Crippen LogP contribution in [-0.2, 0) is 13.2 Å². The van der Waals surface area contributed by atoms with Crippen LogP contribution in [0.3, 0.4) is 0 Å². The molecule has 5 rings (SSSR count). The molecule has 2 N–H and O–H groups in total. The lowest BCUT2D eigenvalue weighted by molar-refractivity contribution is 0.0942. The third kappa shape index (κ3) is 8.50. The van der Waals surface area contributed by atoms with Gasteiger partial charge in [-0.3, -0.25) is 9.59 Å². The lowest BCUT2D eigenvalue weighted by Crippen LogP contribution is -2.19. The van der Waals surface area contributed by atoms with Gasteiger partial charge >= 0.3 is 0 Å². The minimum Gasteiger partial charge on any atom is -0.488 e. The van der Waals surface area contributed by atoms with Crippen LogP contribution in [0.2, 0.25) is 0 Å². The van der Waals surface area contributed by atoms with E-state index in [9.17, 15) is 9.59 Å². The van der Waals surface area contributed by atoms with Gasteiger partial charge in [0.05, 0.1) is 23.6 Å². The molecule has 0 spiro atoms. The second kappa shape index (κ2) is 15.3. The Hall–Kier alpha value is -6.02. The van der Waals surface area contributed by atoms with Gasteiger partial charge in [-0.2, -0.15) is 10.2 Å². The molecule has 0 aliphatic carbocycles. The highest BCUT2D eigenvalue weighted by Gasteiger charge is 2.12. The van der Waals surface area contributed by atoms with Crippen molar-refractivity contribution in [1.29, 1.82) is 0 Å². The summed E-state index contributed by atoms with van der Waals surface area (Å²) < 4.78 is 11.7. The molecule has 8 heteroatoms. The monoisotopic (exact) mass is 582 g/mol. The van der Waals surface area contributed by atoms with Crippen molar-refractivity contribution in [3.8, 4) is 11.5 Å². The number of amides is 2. The van der Waals surface area contributed by atoms with Crippen LogP contribution >= 0.6 is 0 Å². The number of hydrogen-bond acceptors (Lipinski definition) is 6. The molecule has 0 aliphatic rings. The first kappa shape index (κ1) is 29.5.